The van der Waals surface area contributed by atoms with Gasteiger partial charge < -0.3 is 14.6 Å². The van der Waals surface area contributed by atoms with Gasteiger partial charge in [-0.05, 0) is 49.8 Å². The van der Waals surface area contributed by atoms with Crippen molar-refractivity contribution in [2.24, 2.45) is 0 Å². The molecule has 1 atom stereocenters. The first-order valence-corrected chi connectivity index (χ1v) is 9.87. The predicted molar refractivity (Wildman–Crippen MR) is 111 cm³/mol. The Bertz CT molecular complexity index is 1320. The number of ether oxygens (including phenoxy) is 2. The minimum atomic E-state index is -1.06. The highest BCUT2D eigenvalue weighted by atomic mass is 32.1. The van der Waals surface area contributed by atoms with Crippen LogP contribution in [0.5, 0.6) is 11.5 Å². The molecule has 0 aliphatic rings. The topological polar surface area (TPSA) is 90.1 Å². The number of fused-ring (bicyclic) bond motifs is 3. The standard InChI is InChI=1S/C21H18N2O5S/c1-3-27-17-10-13(8-9-16(17)28-12(2)20(25)26)11-18-19(24)23-15-7-5-4-6-14(15)22-21(23)29-18/h4-12H,3H2,1-2H3,(H,25,26)/t12-/m0/s1. The van der Waals surface area contributed by atoms with Crippen molar-refractivity contribution in [2.45, 2.75) is 20.0 Å². The van der Waals surface area contributed by atoms with Gasteiger partial charge in [-0.3, -0.25) is 4.79 Å². The fraction of sp³-hybridized carbons (Fsp3) is 0.190. The number of imidazole rings is 1. The molecule has 0 amide bonds. The third-order valence-electron chi connectivity index (χ3n) is 4.36. The van der Waals surface area contributed by atoms with Crippen molar-refractivity contribution >= 4 is 39.4 Å². The molecule has 4 aromatic rings. The number of carboxylic acid groups (broad SMARTS) is 1. The van der Waals surface area contributed by atoms with E-state index >= 15 is 0 Å². The molecule has 0 saturated carbocycles. The van der Waals surface area contributed by atoms with Crippen LogP contribution in [0.1, 0.15) is 19.4 Å². The highest BCUT2D eigenvalue weighted by Gasteiger charge is 2.16. The summed E-state index contributed by atoms with van der Waals surface area (Å²) < 4.78 is 13.2. The van der Waals surface area contributed by atoms with Gasteiger partial charge >= 0.3 is 5.97 Å². The number of carbonyl (C=O) groups is 1. The zero-order chi connectivity index (χ0) is 20.5. The van der Waals surface area contributed by atoms with Crippen LogP contribution in [0.3, 0.4) is 0 Å². The second-order valence-corrected chi connectivity index (χ2v) is 7.38. The molecule has 2 aromatic carbocycles. The minimum absolute atomic E-state index is 0.128. The van der Waals surface area contributed by atoms with Crippen LogP contribution in [0.15, 0.2) is 47.3 Å². The summed E-state index contributed by atoms with van der Waals surface area (Å²) in [7, 11) is 0. The molecule has 1 N–H and O–H groups in total. The number of hydrogen-bond donors (Lipinski definition) is 1. The van der Waals surface area contributed by atoms with Gasteiger partial charge in [0.2, 0.25) is 0 Å². The van der Waals surface area contributed by atoms with Gasteiger partial charge in [0.05, 0.1) is 22.2 Å². The number of benzene rings is 2. The Balaban J connectivity index is 1.77. The quantitative estimate of drug-likeness (QED) is 0.526. The van der Waals surface area contributed by atoms with Crippen LogP contribution in [0.2, 0.25) is 0 Å². The lowest BCUT2D eigenvalue weighted by Crippen LogP contribution is -2.23. The third-order valence-corrected chi connectivity index (χ3v) is 5.33. The van der Waals surface area contributed by atoms with Crippen LogP contribution in [-0.2, 0) is 4.79 Å². The van der Waals surface area contributed by atoms with E-state index in [1.165, 1.54) is 18.3 Å². The van der Waals surface area contributed by atoms with Crippen molar-refractivity contribution < 1.29 is 19.4 Å². The number of carboxylic acids is 1. The van der Waals surface area contributed by atoms with Crippen molar-refractivity contribution in [2.75, 3.05) is 6.61 Å². The molecule has 148 valence electrons. The Labute approximate surface area is 169 Å². The molecule has 0 radical (unpaired) electrons. The van der Waals surface area contributed by atoms with Crippen LogP contribution in [-0.4, -0.2) is 33.2 Å². The first kappa shape index (κ1) is 18.9. The number of nitrogens with zero attached hydrogens (tertiary/aromatic N) is 2. The van der Waals surface area contributed by atoms with Gasteiger partial charge in [0, 0.05) is 0 Å². The molecule has 2 aromatic heterocycles. The normalized spacial score (nSPS) is 13.1. The Morgan fingerprint density at radius 3 is 2.83 bits per heavy atom. The molecular weight excluding hydrogens is 392 g/mol. The first-order valence-electron chi connectivity index (χ1n) is 9.06. The molecule has 0 spiro atoms. The molecule has 0 saturated heterocycles. The van der Waals surface area contributed by atoms with Gasteiger partial charge in [-0.15, -0.1) is 0 Å². The Kier molecular flexibility index (Phi) is 4.94. The van der Waals surface area contributed by atoms with E-state index in [9.17, 15) is 9.59 Å². The van der Waals surface area contributed by atoms with Gasteiger partial charge in [-0.2, -0.15) is 0 Å². The van der Waals surface area contributed by atoms with E-state index in [1.807, 2.05) is 31.2 Å². The number of para-hydroxylation sites is 2. The lowest BCUT2D eigenvalue weighted by Gasteiger charge is -2.15. The molecular formula is C21H18N2O5S. The Morgan fingerprint density at radius 1 is 1.28 bits per heavy atom. The number of rotatable bonds is 6. The monoisotopic (exact) mass is 410 g/mol. The van der Waals surface area contributed by atoms with Crippen molar-refractivity contribution in [3.8, 4) is 11.5 Å². The number of thiazole rings is 1. The van der Waals surface area contributed by atoms with Crippen LogP contribution in [0.4, 0.5) is 0 Å². The van der Waals surface area contributed by atoms with Gasteiger partial charge in [-0.25, -0.2) is 14.2 Å². The highest BCUT2D eigenvalue weighted by molar-refractivity contribution is 7.15. The number of aromatic nitrogens is 2. The maximum Gasteiger partial charge on any atom is 0.344 e. The molecule has 7 nitrogen and oxygen atoms in total. The molecule has 0 fully saturated rings. The number of hydrogen-bond acceptors (Lipinski definition) is 6. The lowest BCUT2D eigenvalue weighted by atomic mass is 10.2. The number of aliphatic carboxylic acids is 1. The maximum absolute atomic E-state index is 12.9. The van der Waals surface area contributed by atoms with E-state index in [1.54, 1.807) is 28.7 Å². The summed E-state index contributed by atoms with van der Waals surface area (Å²) >= 11 is 1.32. The summed E-state index contributed by atoms with van der Waals surface area (Å²) in [6, 6.07) is 12.7. The second-order valence-electron chi connectivity index (χ2n) is 6.37. The van der Waals surface area contributed by atoms with Crippen molar-refractivity contribution in [1.82, 2.24) is 9.38 Å². The van der Waals surface area contributed by atoms with Crippen molar-refractivity contribution in [1.29, 1.82) is 0 Å². The average Bonchev–Trinajstić information content (AvgIpc) is 3.20. The van der Waals surface area contributed by atoms with Gasteiger partial charge in [0.25, 0.3) is 5.56 Å². The van der Waals surface area contributed by atoms with Crippen LogP contribution < -0.4 is 19.6 Å². The summed E-state index contributed by atoms with van der Waals surface area (Å²) in [5, 5.41) is 9.05. The molecule has 0 aliphatic heterocycles. The summed E-state index contributed by atoms with van der Waals surface area (Å²) in [5.41, 5.74) is 2.19. The van der Waals surface area contributed by atoms with E-state index in [-0.39, 0.29) is 5.56 Å². The van der Waals surface area contributed by atoms with E-state index in [4.69, 9.17) is 14.6 Å². The molecule has 29 heavy (non-hydrogen) atoms. The zero-order valence-electron chi connectivity index (χ0n) is 15.8. The van der Waals surface area contributed by atoms with E-state index < -0.39 is 12.1 Å². The smallest absolute Gasteiger partial charge is 0.344 e. The van der Waals surface area contributed by atoms with Gasteiger partial charge in [0.1, 0.15) is 0 Å². The average molecular weight is 410 g/mol. The van der Waals surface area contributed by atoms with Gasteiger partial charge in [0.15, 0.2) is 22.6 Å². The van der Waals surface area contributed by atoms with Crippen LogP contribution >= 0.6 is 11.3 Å². The minimum Gasteiger partial charge on any atom is -0.490 e. The molecule has 4 rings (SSSR count). The molecule has 2 heterocycles. The van der Waals surface area contributed by atoms with Crippen molar-refractivity contribution in [3.05, 3.63) is 62.9 Å². The first-order chi connectivity index (χ1) is 14.0. The fourth-order valence-electron chi connectivity index (χ4n) is 2.98. The van der Waals surface area contributed by atoms with Crippen molar-refractivity contribution in [3.63, 3.8) is 0 Å². The summed E-state index contributed by atoms with van der Waals surface area (Å²) in [6.07, 6.45) is 0.763. The SMILES string of the molecule is CCOc1cc(C=c2sc3nc4ccccc4n3c2=O)ccc1O[C@@H](C)C(=O)O. The molecule has 8 heteroatoms. The van der Waals surface area contributed by atoms with E-state index in [0.29, 0.717) is 27.6 Å². The molecule has 0 aliphatic carbocycles. The third kappa shape index (κ3) is 3.54. The Hall–Kier alpha value is -3.39. The van der Waals surface area contributed by atoms with E-state index in [2.05, 4.69) is 4.98 Å². The maximum atomic E-state index is 12.9. The fourth-order valence-corrected chi connectivity index (χ4v) is 3.97. The summed E-state index contributed by atoms with van der Waals surface area (Å²) in [4.78, 5) is 29.1. The Morgan fingerprint density at radius 2 is 2.07 bits per heavy atom. The largest absolute Gasteiger partial charge is 0.490 e. The zero-order valence-corrected chi connectivity index (χ0v) is 16.6. The summed E-state index contributed by atoms with van der Waals surface area (Å²) in [5.74, 6) is -0.296. The lowest BCUT2D eigenvalue weighted by molar-refractivity contribution is -0.144. The predicted octanol–water partition coefficient (Wildman–Crippen LogP) is 2.71. The van der Waals surface area contributed by atoms with Crippen LogP contribution in [0.25, 0.3) is 22.1 Å². The summed E-state index contributed by atoms with van der Waals surface area (Å²) in [6.45, 7) is 3.68. The molecule has 0 bridgehead atoms. The van der Waals surface area contributed by atoms with E-state index in [0.717, 1.165) is 16.6 Å². The van der Waals surface area contributed by atoms with Crippen LogP contribution in [0, 0.1) is 0 Å². The van der Waals surface area contributed by atoms with Gasteiger partial charge in [-0.1, -0.05) is 29.5 Å². The highest BCUT2D eigenvalue weighted by Crippen LogP contribution is 2.30. The molecule has 0 unspecified atom stereocenters. The second kappa shape index (κ2) is 7.56.